The number of benzene rings is 2. The van der Waals surface area contributed by atoms with E-state index < -0.39 is 6.17 Å². The van der Waals surface area contributed by atoms with E-state index in [1.807, 2.05) is 73.9 Å². The minimum atomic E-state index is -0.997. The number of para-hydroxylation sites is 1. The lowest BCUT2D eigenvalue weighted by Crippen LogP contribution is -2.32. The average Bonchev–Trinajstić information content (AvgIpc) is 3.62. The Balaban J connectivity index is 1.22. The summed E-state index contributed by atoms with van der Waals surface area (Å²) in [5, 5.41) is 15.5. The summed E-state index contributed by atoms with van der Waals surface area (Å²) in [6.45, 7) is 2.02. The molecule has 0 radical (unpaired) electrons. The van der Waals surface area contributed by atoms with E-state index in [9.17, 15) is 4.79 Å². The van der Waals surface area contributed by atoms with Crippen molar-refractivity contribution in [2.24, 2.45) is 4.99 Å². The largest absolute Gasteiger partial charge is 0.402 e. The summed E-state index contributed by atoms with van der Waals surface area (Å²) < 4.78 is 6.02. The van der Waals surface area contributed by atoms with Crippen molar-refractivity contribution in [1.82, 2.24) is 25.1 Å². The fourth-order valence-corrected chi connectivity index (χ4v) is 5.71. The molecule has 40 heavy (non-hydrogen) atoms. The molecule has 1 fully saturated rings. The predicted octanol–water partition coefficient (Wildman–Crippen LogP) is 5.32. The number of nitrogens with zero attached hydrogens (tertiary/aromatic N) is 6. The first-order chi connectivity index (χ1) is 19.7. The van der Waals surface area contributed by atoms with Crippen LogP contribution in [0.3, 0.4) is 0 Å². The van der Waals surface area contributed by atoms with Crippen molar-refractivity contribution in [3.8, 4) is 22.0 Å². The van der Waals surface area contributed by atoms with Gasteiger partial charge in [-0.1, -0.05) is 60.6 Å². The number of carbonyl (C=O) groups excluding carboxylic acids is 1. The maximum atomic E-state index is 13.2. The van der Waals surface area contributed by atoms with Crippen molar-refractivity contribution in [3.63, 3.8) is 0 Å². The van der Waals surface area contributed by atoms with Crippen LogP contribution in [0.25, 0.3) is 22.0 Å². The molecule has 198 valence electrons. The Hall–Kier alpha value is -4.77. The summed E-state index contributed by atoms with van der Waals surface area (Å²) in [4.78, 5) is 32.7. The molecule has 1 amide bonds. The van der Waals surface area contributed by atoms with E-state index >= 15 is 0 Å². The second kappa shape index (κ2) is 10.1. The lowest BCUT2D eigenvalue weighted by Gasteiger charge is -2.11. The van der Waals surface area contributed by atoms with Crippen LogP contribution in [0, 0.1) is 0 Å². The van der Waals surface area contributed by atoms with Crippen molar-refractivity contribution >= 4 is 34.7 Å². The van der Waals surface area contributed by atoms with E-state index in [1.165, 1.54) is 0 Å². The number of rotatable bonds is 7. The topological polar surface area (TPSA) is 131 Å². The summed E-state index contributed by atoms with van der Waals surface area (Å²) in [5.74, 6) is 1.15. The number of hydrogen-bond acceptors (Lipinski definition) is 10. The third-order valence-corrected chi connectivity index (χ3v) is 8.00. The molecule has 0 unspecified atom stereocenters. The Morgan fingerprint density at radius 2 is 1.77 bits per heavy atom. The molecule has 7 rings (SSSR count). The number of fused-ring (bicyclic) bond motifs is 1. The van der Waals surface area contributed by atoms with Crippen LogP contribution in [-0.4, -0.2) is 42.9 Å². The lowest BCUT2D eigenvalue weighted by molar-refractivity contribution is -0.116. The molecule has 2 aromatic carbocycles. The number of aryl methyl sites for hydroxylation is 1. The van der Waals surface area contributed by atoms with Gasteiger partial charge in [-0.3, -0.25) is 4.79 Å². The highest BCUT2D eigenvalue weighted by Gasteiger charge is 2.31. The number of benzodiazepines with no additional fused rings is 1. The maximum absolute atomic E-state index is 13.2. The Labute approximate surface area is 233 Å². The van der Waals surface area contributed by atoms with Crippen molar-refractivity contribution in [2.75, 3.05) is 10.6 Å². The molecular weight excluding hydrogens is 524 g/mol. The van der Waals surface area contributed by atoms with Gasteiger partial charge in [-0.15, -0.1) is 16.4 Å². The average molecular weight is 549 g/mol. The number of hydrogen-bond donors (Lipinski definition) is 2. The molecule has 1 saturated carbocycles. The molecule has 0 spiro atoms. The fourth-order valence-electron chi connectivity index (χ4n) is 4.51. The van der Waals surface area contributed by atoms with Crippen LogP contribution in [0.4, 0.5) is 11.7 Å². The first kappa shape index (κ1) is 24.3. The van der Waals surface area contributed by atoms with Gasteiger partial charge in [0.05, 0.1) is 21.3 Å². The molecule has 1 aliphatic carbocycles. The predicted molar refractivity (Wildman–Crippen MR) is 152 cm³/mol. The number of carbonyl (C=O) groups is 1. The van der Waals surface area contributed by atoms with Crippen molar-refractivity contribution in [2.45, 2.75) is 38.3 Å². The highest BCUT2D eigenvalue weighted by atomic mass is 32.1. The third kappa shape index (κ3) is 4.64. The van der Waals surface area contributed by atoms with Gasteiger partial charge in [0.15, 0.2) is 0 Å². The summed E-state index contributed by atoms with van der Waals surface area (Å²) >= 11 is 1.61. The Kier molecular flexibility index (Phi) is 6.12. The first-order valence-electron chi connectivity index (χ1n) is 13.1. The number of amides is 1. The van der Waals surface area contributed by atoms with Gasteiger partial charge in [0, 0.05) is 41.4 Å². The normalized spacial score (nSPS) is 16.6. The molecule has 5 aromatic rings. The second-order valence-electron chi connectivity index (χ2n) is 9.58. The van der Waals surface area contributed by atoms with Crippen LogP contribution in [-0.2, 0) is 11.2 Å². The fraction of sp³-hybridized carbons (Fsp3) is 0.207. The Morgan fingerprint density at radius 1 is 1.00 bits per heavy atom. The molecule has 2 aliphatic rings. The molecule has 1 aliphatic heterocycles. The summed E-state index contributed by atoms with van der Waals surface area (Å²) in [6, 6.07) is 17.4. The number of nitrogens with one attached hydrogen (secondary N) is 2. The standard InChI is InChI=1S/C29H24N8O2S/c1-2-21-30-14-18(15-31-21)24-23(34-28(40-24)17-12-13-17)27-36-37-29(39-27)35-25-26(38)32-20-11-7-6-10-19(20)22(33-25)16-8-4-3-5-9-16/h3-11,14-15,17,25H,2,12-13H2,1H3,(H,32,38)(H,35,37)/t25-/m1/s1. The van der Waals surface area contributed by atoms with E-state index in [0.717, 1.165) is 51.7 Å². The van der Waals surface area contributed by atoms with Crippen molar-refractivity contribution in [1.29, 1.82) is 0 Å². The minimum Gasteiger partial charge on any atom is -0.402 e. The number of anilines is 2. The molecule has 11 heteroatoms. The number of aromatic nitrogens is 5. The van der Waals surface area contributed by atoms with E-state index in [1.54, 1.807) is 11.3 Å². The lowest BCUT2D eigenvalue weighted by atomic mass is 10.0. The van der Waals surface area contributed by atoms with Crippen LogP contribution in [0.5, 0.6) is 0 Å². The van der Waals surface area contributed by atoms with Crippen molar-refractivity contribution < 1.29 is 9.21 Å². The van der Waals surface area contributed by atoms with Crippen LogP contribution < -0.4 is 10.6 Å². The SMILES string of the molecule is CCc1ncc(-c2sc(C3CC3)nc2-c2nnc(N[C@H]3N=C(c4ccccc4)c4ccccc4NC3=O)o2)cn1. The molecule has 10 nitrogen and oxygen atoms in total. The van der Waals surface area contributed by atoms with E-state index in [2.05, 4.69) is 30.8 Å². The molecule has 2 N–H and O–H groups in total. The van der Waals surface area contributed by atoms with Crippen molar-refractivity contribution in [3.05, 3.63) is 88.9 Å². The van der Waals surface area contributed by atoms with E-state index in [4.69, 9.17) is 14.4 Å². The second-order valence-corrected chi connectivity index (χ2v) is 10.6. The van der Waals surface area contributed by atoms with Gasteiger partial charge >= 0.3 is 6.01 Å². The van der Waals surface area contributed by atoms with Crippen LogP contribution in [0.2, 0.25) is 0 Å². The van der Waals surface area contributed by atoms with E-state index in [0.29, 0.717) is 23.0 Å². The molecule has 0 saturated heterocycles. The third-order valence-electron chi connectivity index (χ3n) is 6.74. The summed E-state index contributed by atoms with van der Waals surface area (Å²) in [7, 11) is 0. The van der Waals surface area contributed by atoms with Gasteiger partial charge in [0.1, 0.15) is 11.5 Å². The quantitative estimate of drug-likeness (QED) is 0.279. The monoisotopic (exact) mass is 548 g/mol. The van der Waals surface area contributed by atoms with Gasteiger partial charge in [0.25, 0.3) is 11.8 Å². The van der Waals surface area contributed by atoms with Crippen LogP contribution in [0.15, 0.2) is 76.4 Å². The van der Waals surface area contributed by atoms with Gasteiger partial charge in [0.2, 0.25) is 6.17 Å². The Bertz CT molecular complexity index is 1720. The summed E-state index contributed by atoms with van der Waals surface area (Å²) in [6.07, 6.45) is 5.62. The van der Waals surface area contributed by atoms with Gasteiger partial charge in [-0.25, -0.2) is 19.9 Å². The van der Waals surface area contributed by atoms with Crippen LogP contribution >= 0.6 is 11.3 Å². The van der Waals surface area contributed by atoms with Crippen LogP contribution in [0.1, 0.15) is 47.6 Å². The Morgan fingerprint density at radius 3 is 2.55 bits per heavy atom. The highest BCUT2D eigenvalue weighted by Crippen LogP contribution is 2.46. The maximum Gasteiger partial charge on any atom is 0.317 e. The van der Waals surface area contributed by atoms with Gasteiger partial charge in [-0.05, 0) is 18.9 Å². The number of thiazole rings is 1. The van der Waals surface area contributed by atoms with Gasteiger partial charge < -0.3 is 15.1 Å². The minimum absolute atomic E-state index is 0.0711. The molecular formula is C29H24N8O2S. The smallest absolute Gasteiger partial charge is 0.317 e. The molecule has 3 aromatic heterocycles. The number of aliphatic imine (C=N–C) groups is 1. The summed E-state index contributed by atoms with van der Waals surface area (Å²) in [5.41, 5.74) is 4.52. The highest BCUT2D eigenvalue weighted by molar-refractivity contribution is 7.15. The van der Waals surface area contributed by atoms with Gasteiger partial charge in [-0.2, -0.15) is 0 Å². The first-order valence-corrected chi connectivity index (χ1v) is 13.9. The molecule has 0 bridgehead atoms. The van der Waals surface area contributed by atoms with E-state index in [-0.39, 0.29) is 17.8 Å². The zero-order valence-electron chi connectivity index (χ0n) is 21.5. The zero-order chi connectivity index (χ0) is 27.1. The molecule has 1 atom stereocenters. The zero-order valence-corrected chi connectivity index (χ0v) is 22.4. The molecule has 4 heterocycles.